The van der Waals surface area contributed by atoms with Gasteiger partial charge >= 0.3 is 5.97 Å². The van der Waals surface area contributed by atoms with Crippen molar-refractivity contribution >= 4 is 5.97 Å². The van der Waals surface area contributed by atoms with Crippen LogP contribution in [0.1, 0.15) is 24.3 Å². The van der Waals surface area contributed by atoms with E-state index in [0.29, 0.717) is 0 Å². The number of H-pyrrole nitrogens is 1. The van der Waals surface area contributed by atoms with Crippen molar-refractivity contribution in [3.8, 4) is 5.75 Å². The van der Waals surface area contributed by atoms with E-state index in [9.17, 15) is 9.59 Å². The molecule has 0 saturated carbocycles. The molecule has 0 radical (unpaired) electrons. The molecule has 0 bridgehead atoms. The molecule has 0 aliphatic carbocycles. The lowest BCUT2D eigenvalue weighted by Crippen LogP contribution is -2.18. The summed E-state index contributed by atoms with van der Waals surface area (Å²) in [5.74, 6) is -1.04. The highest BCUT2D eigenvalue weighted by Gasteiger charge is 2.07. The van der Waals surface area contributed by atoms with Gasteiger partial charge in [0.05, 0.1) is 6.10 Å². The second kappa shape index (κ2) is 3.95. The molecular formula is C9H11NO4. The van der Waals surface area contributed by atoms with E-state index >= 15 is 0 Å². The maximum absolute atomic E-state index is 11.2. The fourth-order valence-corrected chi connectivity index (χ4v) is 0.932. The van der Waals surface area contributed by atoms with E-state index in [1.54, 1.807) is 13.8 Å². The molecule has 0 aromatic carbocycles. The standard InChI is InChI=1S/C9H11NO4/c1-5(2)14-7-4-3-6(9(12)13)10-8(7)11/h3-5H,1-2H3,(H,10,11)(H,12,13). The molecule has 0 aliphatic heterocycles. The van der Waals surface area contributed by atoms with E-state index in [1.165, 1.54) is 12.1 Å². The minimum atomic E-state index is -1.17. The molecule has 5 heteroatoms. The smallest absolute Gasteiger partial charge is 0.352 e. The van der Waals surface area contributed by atoms with Gasteiger partial charge in [-0.25, -0.2) is 4.79 Å². The normalized spacial score (nSPS) is 10.2. The molecule has 2 N–H and O–H groups in total. The van der Waals surface area contributed by atoms with Crippen molar-refractivity contribution < 1.29 is 14.6 Å². The summed E-state index contributed by atoms with van der Waals surface area (Å²) in [5.41, 5.74) is -0.676. The van der Waals surface area contributed by atoms with Crippen LogP contribution >= 0.6 is 0 Å². The predicted molar refractivity (Wildman–Crippen MR) is 49.8 cm³/mol. The number of aromatic carboxylic acids is 1. The summed E-state index contributed by atoms with van der Waals surface area (Å²) < 4.78 is 5.14. The van der Waals surface area contributed by atoms with Crippen molar-refractivity contribution in [2.24, 2.45) is 0 Å². The first-order valence-corrected chi connectivity index (χ1v) is 4.14. The van der Waals surface area contributed by atoms with Gasteiger partial charge in [0, 0.05) is 0 Å². The Balaban J connectivity index is 3.02. The first-order valence-electron chi connectivity index (χ1n) is 4.14. The highest BCUT2D eigenvalue weighted by Crippen LogP contribution is 2.05. The number of aromatic amines is 1. The summed E-state index contributed by atoms with van der Waals surface area (Å²) in [7, 11) is 0. The summed E-state index contributed by atoms with van der Waals surface area (Å²) in [4.78, 5) is 23.9. The van der Waals surface area contributed by atoms with Crippen LogP contribution in [0.3, 0.4) is 0 Å². The largest absolute Gasteiger partial charge is 0.485 e. The van der Waals surface area contributed by atoms with E-state index in [4.69, 9.17) is 9.84 Å². The molecule has 0 unspecified atom stereocenters. The average molecular weight is 197 g/mol. The number of ether oxygens (including phenoxy) is 1. The molecule has 0 spiro atoms. The van der Waals surface area contributed by atoms with Crippen LogP contribution in [0.5, 0.6) is 5.75 Å². The quantitative estimate of drug-likeness (QED) is 0.753. The van der Waals surface area contributed by atoms with Crippen LogP contribution < -0.4 is 10.3 Å². The molecule has 1 heterocycles. The van der Waals surface area contributed by atoms with Crippen molar-refractivity contribution in [1.82, 2.24) is 4.98 Å². The van der Waals surface area contributed by atoms with Crippen LogP contribution in [0, 0.1) is 0 Å². The van der Waals surface area contributed by atoms with Gasteiger partial charge in [-0.1, -0.05) is 0 Å². The zero-order valence-corrected chi connectivity index (χ0v) is 7.90. The number of rotatable bonds is 3. The SMILES string of the molecule is CC(C)Oc1ccc(C(=O)O)[nH]c1=O. The molecule has 1 aromatic rings. The number of carboxylic acids is 1. The van der Waals surface area contributed by atoms with Gasteiger partial charge in [-0.05, 0) is 26.0 Å². The van der Waals surface area contributed by atoms with Gasteiger partial charge in [-0.15, -0.1) is 0 Å². The second-order valence-corrected chi connectivity index (χ2v) is 3.04. The second-order valence-electron chi connectivity index (χ2n) is 3.04. The van der Waals surface area contributed by atoms with E-state index in [2.05, 4.69) is 4.98 Å². The summed E-state index contributed by atoms with van der Waals surface area (Å²) in [6.07, 6.45) is -0.119. The fraction of sp³-hybridized carbons (Fsp3) is 0.333. The Bertz CT molecular complexity index is 394. The summed E-state index contributed by atoms with van der Waals surface area (Å²) in [6, 6.07) is 2.64. The Morgan fingerprint density at radius 3 is 2.57 bits per heavy atom. The Morgan fingerprint density at radius 1 is 1.50 bits per heavy atom. The molecule has 0 aliphatic rings. The molecule has 0 atom stereocenters. The molecule has 14 heavy (non-hydrogen) atoms. The molecular weight excluding hydrogens is 186 g/mol. The summed E-state index contributed by atoms with van der Waals surface area (Å²) in [5, 5.41) is 8.57. The molecule has 0 saturated heterocycles. The topological polar surface area (TPSA) is 79.4 Å². The van der Waals surface area contributed by atoms with E-state index in [-0.39, 0.29) is 17.5 Å². The number of hydrogen-bond acceptors (Lipinski definition) is 3. The van der Waals surface area contributed by atoms with Gasteiger partial charge in [0.1, 0.15) is 5.69 Å². The fourth-order valence-electron chi connectivity index (χ4n) is 0.932. The molecule has 1 rings (SSSR count). The average Bonchev–Trinajstić information content (AvgIpc) is 2.07. The number of carbonyl (C=O) groups is 1. The van der Waals surface area contributed by atoms with Gasteiger partial charge in [0.15, 0.2) is 5.75 Å². The van der Waals surface area contributed by atoms with E-state index < -0.39 is 11.5 Å². The van der Waals surface area contributed by atoms with Gasteiger partial charge in [0.25, 0.3) is 5.56 Å². The molecule has 1 aromatic heterocycles. The molecule has 0 fully saturated rings. The van der Waals surface area contributed by atoms with Crippen LogP contribution in [0.15, 0.2) is 16.9 Å². The summed E-state index contributed by atoms with van der Waals surface area (Å²) in [6.45, 7) is 3.56. The third-order valence-electron chi connectivity index (χ3n) is 1.47. The van der Waals surface area contributed by atoms with Crippen molar-refractivity contribution in [3.05, 3.63) is 28.2 Å². The third kappa shape index (κ3) is 2.35. The third-order valence-corrected chi connectivity index (χ3v) is 1.47. The van der Waals surface area contributed by atoms with Crippen LogP contribution in [0.25, 0.3) is 0 Å². The number of nitrogens with one attached hydrogen (secondary N) is 1. The highest BCUT2D eigenvalue weighted by atomic mass is 16.5. The lowest BCUT2D eigenvalue weighted by Gasteiger charge is -2.07. The zero-order valence-electron chi connectivity index (χ0n) is 7.90. The Hall–Kier alpha value is -1.78. The van der Waals surface area contributed by atoms with Gasteiger partial charge < -0.3 is 14.8 Å². The van der Waals surface area contributed by atoms with Crippen LogP contribution in [-0.4, -0.2) is 22.2 Å². The van der Waals surface area contributed by atoms with Crippen LogP contribution in [0.4, 0.5) is 0 Å². The van der Waals surface area contributed by atoms with Gasteiger partial charge in [-0.2, -0.15) is 0 Å². The lowest BCUT2D eigenvalue weighted by atomic mass is 10.3. The maximum atomic E-state index is 11.2. The van der Waals surface area contributed by atoms with Gasteiger partial charge in [-0.3, -0.25) is 4.79 Å². The summed E-state index contributed by atoms with van der Waals surface area (Å²) >= 11 is 0. The van der Waals surface area contributed by atoms with Crippen molar-refractivity contribution in [1.29, 1.82) is 0 Å². The monoisotopic (exact) mass is 197 g/mol. The lowest BCUT2D eigenvalue weighted by molar-refractivity contribution is 0.0690. The van der Waals surface area contributed by atoms with Gasteiger partial charge in [0.2, 0.25) is 0 Å². The van der Waals surface area contributed by atoms with E-state index in [0.717, 1.165) is 0 Å². The number of carboxylic acid groups (broad SMARTS) is 1. The first kappa shape index (κ1) is 10.3. The van der Waals surface area contributed by atoms with Crippen molar-refractivity contribution in [2.75, 3.05) is 0 Å². The minimum absolute atomic E-state index is 0.119. The molecule has 76 valence electrons. The Labute approximate surface area is 80.3 Å². The van der Waals surface area contributed by atoms with Crippen LogP contribution in [0.2, 0.25) is 0 Å². The van der Waals surface area contributed by atoms with E-state index in [1.807, 2.05) is 0 Å². The first-order chi connectivity index (χ1) is 6.50. The molecule has 5 nitrogen and oxygen atoms in total. The maximum Gasteiger partial charge on any atom is 0.352 e. The van der Waals surface area contributed by atoms with Crippen molar-refractivity contribution in [2.45, 2.75) is 20.0 Å². The number of hydrogen-bond donors (Lipinski definition) is 2. The van der Waals surface area contributed by atoms with Crippen molar-refractivity contribution in [3.63, 3.8) is 0 Å². The Kier molecular flexibility index (Phi) is 2.91. The highest BCUT2D eigenvalue weighted by molar-refractivity contribution is 5.85. The predicted octanol–water partition coefficient (Wildman–Crippen LogP) is 0.860. The zero-order chi connectivity index (χ0) is 10.7. The van der Waals surface area contributed by atoms with Crippen LogP contribution in [-0.2, 0) is 0 Å². The number of pyridine rings is 1. The minimum Gasteiger partial charge on any atom is -0.485 e. The Morgan fingerprint density at radius 2 is 2.14 bits per heavy atom. The molecule has 0 amide bonds. The number of aromatic nitrogens is 1.